The van der Waals surface area contributed by atoms with Gasteiger partial charge in [0.25, 0.3) is 5.91 Å². The standard InChI is InChI=1S/C18H21FN4O3S/c1-20-27(25,26)15-4-5-17(19)16(11-15)18(24)23-9-7-22(8-10-23)13-14-3-2-6-21-12-14/h2-6,11-12,20H,7-10,13H2,1H3. The zero-order chi connectivity index (χ0) is 19.4. The van der Waals surface area contributed by atoms with Gasteiger partial charge in [-0.05, 0) is 36.9 Å². The molecule has 0 radical (unpaired) electrons. The number of nitrogens with zero attached hydrogens (tertiary/aromatic N) is 3. The second kappa shape index (κ2) is 8.12. The number of pyridine rings is 1. The Morgan fingerprint density at radius 3 is 2.59 bits per heavy atom. The Labute approximate surface area is 157 Å². The number of carbonyl (C=O) groups excluding carboxylic acids is 1. The lowest BCUT2D eigenvalue weighted by atomic mass is 10.1. The number of benzene rings is 1. The molecule has 2 heterocycles. The Morgan fingerprint density at radius 1 is 1.22 bits per heavy atom. The third-order valence-corrected chi connectivity index (χ3v) is 5.95. The SMILES string of the molecule is CNS(=O)(=O)c1ccc(F)c(C(=O)N2CCN(Cc3cccnc3)CC2)c1. The smallest absolute Gasteiger partial charge is 0.256 e. The van der Waals surface area contributed by atoms with Crippen LogP contribution in [0.3, 0.4) is 0 Å². The van der Waals surface area contributed by atoms with Crippen molar-refractivity contribution in [2.24, 2.45) is 0 Å². The zero-order valence-electron chi connectivity index (χ0n) is 14.9. The predicted octanol–water partition coefficient (Wildman–Crippen LogP) is 1.09. The van der Waals surface area contributed by atoms with Crippen molar-refractivity contribution in [3.05, 3.63) is 59.7 Å². The van der Waals surface area contributed by atoms with Gasteiger partial charge in [-0.3, -0.25) is 14.7 Å². The maximum absolute atomic E-state index is 14.2. The molecular weight excluding hydrogens is 371 g/mol. The van der Waals surface area contributed by atoms with Crippen molar-refractivity contribution in [1.82, 2.24) is 19.5 Å². The molecule has 0 spiro atoms. The highest BCUT2D eigenvalue weighted by molar-refractivity contribution is 7.89. The third-order valence-electron chi connectivity index (χ3n) is 4.54. The number of piperazine rings is 1. The van der Waals surface area contributed by atoms with Crippen LogP contribution in [-0.2, 0) is 16.6 Å². The lowest BCUT2D eigenvalue weighted by Crippen LogP contribution is -2.48. The normalized spacial score (nSPS) is 15.7. The fourth-order valence-electron chi connectivity index (χ4n) is 2.98. The molecule has 2 aromatic rings. The van der Waals surface area contributed by atoms with Crippen molar-refractivity contribution >= 4 is 15.9 Å². The Hall–Kier alpha value is -2.36. The highest BCUT2D eigenvalue weighted by atomic mass is 32.2. The molecular formula is C18H21FN4O3S. The largest absolute Gasteiger partial charge is 0.336 e. The van der Waals surface area contributed by atoms with Gasteiger partial charge >= 0.3 is 0 Å². The third kappa shape index (κ3) is 4.49. The van der Waals surface area contributed by atoms with Crippen LogP contribution in [0.15, 0.2) is 47.6 Å². The number of sulfonamides is 1. The molecule has 0 unspecified atom stereocenters. The molecule has 7 nitrogen and oxygen atoms in total. The fraction of sp³-hybridized carbons (Fsp3) is 0.333. The summed E-state index contributed by atoms with van der Waals surface area (Å²) in [5, 5.41) is 0. The van der Waals surface area contributed by atoms with Crippen molar-refractivity contribution in [3.8, 4) is 0 Å². The Kier molecular flexibility index (Phi) is 5.83. The molecule has 1 fully saturated rings. The summed E-state index contributed by atoms with van der Waals surface area (Å²) in [4.78, 5) is 20.4. The first kappa shape index (κ1) is 19.4. The van der Waals surface area contributed by atoms with Crippen molar-refractivity contribution in [1.29, 1.82) is 0 Å². The van der Waals surface area contributed by atoms with Gasteiger partial charge in [0, 0.05) is 45.1 Å². The first-order chi connectivity index (χ1) is 12.9. The number of halogens is 1. The number of hydrogen-bond acceptors (Lipinski definition) is 5. The summed E-state index contributed by atoms with van der Waals surface area (Å²) in [6.07, 6.45) is 3.53. The van der Waals surface area contributed by atoms with Crippen LogP contribution in [-0.4, -0.2) is 62.3 Å². The summed E-state index contributed by atoms with van der Waals surface area (Å²) < 4.78 is 40.1. The van der Waals surface area contributed by atoms with Gasteiger partial charge < -0.3 is 4.90 Å². The van der Waals surface area contributed by atoms with E-state index in [0.717, 1.165) is 30.3 Å². The summed E-state index contributed by atoms with van der Waals surface area (Å²) in [7, 11) is -2.48. The van der Waals surface area contributed by atoms with Gasteiger partial charge in [0.15, 0.2) is 0 Å². The molecule has 1 saturated heterocycles. The van der Waals surface area contributed by atoms with Gasteiger partial charge in [0.2, 0.25) is 10.0 Å². The molecule has 1 aliphatic rings. The van der Waals surface area contributed by atoms with E-state index in [2.05, 4.69) is 14.6 Å². The van der Waals surface area contributed by atoms with Crippen LogP contribution in [0.1, 0.15) is 15.9 Å². The van der Waals surface area contributed by atoms with E-state index in [1.54, 1.807) is 17.3 Å². The van der Waals surface area contributed by atoms with E-state index in [1.807, 2.05) is 12.1 Å². The molecule has 144 valence electrons. The molecule has 0 atom stereocenters. The second-order valence-electron chi connectivity index (χ2n) is 6.28. The van der Waals surface area contributed by atoms with Gasteiger partial charge in [-0.2, -0.15) is 0 Å². The summed E-state index contributed by atoms with van der Waals surface area (Å²) >= 11 is 0. The van der Waals surface area contributed by atoms with Gasteiger partial charge in [-0.1, -0.05) is 6.07 Å². The Morgan fingerprint density at radius 2 is 1.96 bits per heavy atom. The van der Waals surface area contributed by atoms with Crippen LogP contribution in [0.2, 0.25) is 0 Å². The van der Waals surface area contributed by atoms with Crippen LogP contribution in [0.4, 0.5) is 4.39 Å². The summed E-state index contributed by atoms with van der Waals surface area (Å²) in [6, 6.07) is 7.11. The van der Waals surface area contributed by atoms with E-state index >= 15 is 0 Å². The zero-order valence-corrected chi connectivity index (χ0v) is 15.7. The second-order valence-corrected chi connectivity index (χ2v) is 8.17. The topological polar surface area (TPSA) is 82.6 Å². The molecule has 0 saturated carbocycles. The molecule has 1 N–H and O–H groups in total. The summed E-state index contributed by atoms with van der Waals surface area (Å²) in [6.45, 7) is 2.93. The van der Waals surface area contributed by atoms with Crippen molar-refractivity contribution in [3.63, 3.8) is 0 Å². The monoisotopic (exact) mass is 392 g/mol. The average molecular weight is 392 g/mol. The van der Waals surface area contributed by atoms with Crippen molar-refractivity contribution in [2.75, 3.05) is 33.2 Å². The Bertz CT molecular complexity index is 913. The number of amides is 1. The number of carbonyl (C=O) groups is 1. The molecule has 27 heavy (non-hydrogen) atoms. The van der Waals surface area contributed by atoms with Gasteiger partial charge in [-0.25, -0.2) is 17.5 Å². The van der Waals surface area contributed by atoms with E-state index in [4.69, 9.17) is 0 Å². The molecule has 1 aliphatic heterocycles. The van der Waals surface area contributed by atoms with Gasteiger partial charge in [0.05, 0.1) is 10.5 Å². The maximum Gasteiger partial charge on any atom is 0.256 e. The van der Waals surface area contributed by atoms with Crippen LogP contribution < -0.4 is 4.72 Å². The van der Waals surface area contributed by atoms with Crippen LogP contribution in [0.25, 0.3) is 0 Å². The number of aromatic nitrogens is 1. The molecule has 1 aromatic heterocycles. The van der Waals surface area contributed by atoms with Gasteiger partial charge in [0.1, 0.15) is 5.82 Å². The molecule has 0 bridgehead atoms. The summed E-state index contributed by atoms with van der Waals surface area (Å²) in [5.74, 6) is -1.23. The van der Waals surface area contributed by atoms with E-state index in [0.29, 0.717) is 26.2 Å². The highest BCUT2D eigenvalue weighted by Gasteiger charge is 2.25. The maximum atomic E-state index is 14.2. The van der Waals surface area contributed by atoms with Crippen molar-refractivity contribution < 1.29 is 17.6 Å². The van der Waals surface area contributed by atoms with Gasteiger partial charge in [-0.15, -0.1) is 0 Å². The van der Waals surface area contributed by atoms with E-state index in [-0.39, 0.29) is 10.5 Å². The highest BCUT2D eigenvalue weighted by Crippen LogP contribution is 2.18. The first-order valence-corrected chi connectivity index (χ1v) is 10.0. The molecule has 1 aromatic carbocycles. The van der Waals surface area contributed by atoms with Crippen LogP contribution in [0, 0.1) is 5.82 Å². The lowest BCUT2D eigenvalue weighted by Gasteiger charge is -2.34. The molecule has 3 rings (SSSR count). The minimum absolute atomic E-state index is 0.134. The minimum Gasteiger partial charge on any atom is -0.336 e. The fourth-order valence-corrected chi connectivity index (χ4v) is 3.74. The molecule has 0 aliphatic carbocycles. The molecule has 9 heteroatoms. The van der Waals surface area contributed by atoms with E-state index in [9.17, 15) is 17.6 Å². The van der Waals surface area contributed by atoms with E-state index < -0.39 is 21.7 Å². The van der Waals surface area contributed by atoms with E-state index in [1.165, 1.54) is 7.05 Å². The van der Waals surface area contributed by atoms with Crippen LogP contribution >= 0.6 is 0 Å². The van der Waals surface area contributed by atoms with Crippen molar-refractivity contribution in [2.45, 2.75) is 11.4 Å². The minimum atomic E-state index is -3.75. The first-order valence-electron chi connectivity index (χ1n) is 8.54. The molecule has 1 amide bonds. The average Bonchev–Trinajstić information content (AvgIpc) is 2.69. The number of hydrogen-bond donors (Lipinski definition) is 1. The predicted molar refractivity (Wildman–Crippen MR) is 98.1 cm³/mol. The number of rotatable bonds is 5. The quantitative estimate of drug-likeness (QED) is 0.824. The Balaban J connectivity index is 1.68. The summed E-state index contributed by atoms with van der Waals surface area (Å²) in [5.41, 5.74) is 0.861. The lowest BCUT2D eigenvalue weighted by molar-refractivity contribution is 0.0623. The number of nitrogens with one attached hydrogen (secondary N) is 1. The van der Waals surface area contributed by atoms with Crippen LogP contribution in [0.5, 0.6) is 0 Å².